The van der Waals surface area contributed by atoms with Crippen LogP contribution in [0.25, 0.3) is 0 Å². The van der Waals surface area contributed by atoms with Crippen LogP contribution in [-0.2, 0) is 6.54 Å². The van der Waals surface area contributed by atoms with Gasteiger partial charge in [0.15, 0.2) is 0 Å². The van der Waals surface area contributed by atoms with E-state index in [0.717, 1.165) is 6.54 Å². The van der Waals surface area contributed by atoms with Crippen molar-refractivity contribution < 1.29 is 0 Å². The van der Waals surface area contributed by atoms with E-state index < -0.39 is 0 Å². The summed E-state index contributed by atoms with van der Waals surface area (Å²) in [5, 5.41) is 3.65. The van der Waals surface area contributed by atoms with E-state index in [-0.39, 0.29) is 0 Å². The van der Waals surface area contributed by atoms with Crippen molar-refractivity contribution in [3.63, 3.8) is 0 Å². The zero-order valence-electron chi connectivity index (χ0n) is 11.8. The van der Waals surface area contributed by atoms with Crippen LogP contribution in [0.15, 0.2) is 24.3 Å². The number of likely N-dealkylation sites (tertiary alicyclic amines) is 1. The van der Waals surface area contributed by atoms with Crippen molar-refractivity contribution in [3.8, 4) is 0 Å². The molecule has 1 aliphatic heterocycles. The van der Waals surface area contributed by atoms with Crippen LogP contribution in [0.5, 0.6) is 0 Å². The van der Waals surface area contributed by atoms with Crippen molar-refractivity contribution in [2.45, 2.75) is 45.7 Å². The van der Waals surface area contributed by atoms with Crippen molar-refractivity contribution in [2.24, 2.45) is 0 Å². The van der Waals surface area contributed by atoms with Gasteiger partial charge in [0, 0.05) is 19.1 Å². The predicted octanol–water partition coefficient (Wildman–Crippen LogP) is 2.96. The van der Waals surface area contributed by atoms with Gasteiger partial charge in [-0.25, -0.2) is 0 Å². The number of hydrogen-bond acceptors (Lipinski definition) is 2. The highest BCUT2D eigenvalue weighted by atomic mass is 15.1. The van der Waals surface area contributed by atoms with Crippen LogP contribution in [0.2, 0.25) is 0 Å². The summed E-state index contributed by atoms with van der Waals surface area (Å²) < 4.78 is 0. The molecule has 2 rings (SSSR count). The number of aryl methyl sites for hydroxylation is 1. The Morgan fingerprint density at radius 3 is 2.61 bits per heavy atom. The molecule has 0 saturated carbocycles. The first-order chi connectivity index (χ1) is 8.75. The third-order valence-corrected chi connectivity index (χ3v) is 3.88. The van der Waals surface area contributed by atoms with Crippen LogP contribution in [-0.4, -0.2) is 30.6 Å². The monoisotopic (exact) mass is 246 g/mol. The fourth-order valence-electron chi connectivity index (χ4n) is 2.69. The van der Waals surface area contributed by atoms with E-state index >= 15 is 0 Å². The Labute approximate surface area is 111 Å². The minimum Gasteiger partial charge on any atom is -0.309 e. The number of benzene rings is 1. The van der Waals surface area contributed by atoms with Crippen LogP contribution < -0.4 is 5.32 Å². The molecule has 1 N–H and O–H groups in total. The molecule has 0 aliphatic carbocycles. The maximum atomic E-state index is 3.65. The van der Waals surface area contributed by atoms with Crippen molar-refractivity contribution in [1.29, 1.82) is 0 Å². The van der Waals surface area contributed by atoms with E-state index in [1.165, 1.54) is 50.0 Å². The third-order valence-electron chi connectivity index (χ3n) is 3.88. The highest BCUT2D eigenvalue weighted by molar-refractivity contribution is 5.25. The summed E-state index contributed by atoms with van der Waals surface area (Å²) in [6.45, 7) is 9.24. The molecule has 0 spiro atoms. The number of hydrogen-bond donors (Lipinski definition) is 1. The molecule has 100 valence electrons. The molecule has 2 nitrogen and oxygen atoms in total. The van der Waals surface area contributed by atoms with Crippen LogP contribution >= 0.6 is 0 Å². The van der Waals surface area contributed by atoms with Gasteiger partial charge in [0.05, 0.1) is 0 Å². The molecule has 1 aromatic rings. The van der Waals surface area contributed by atoms with Crippen molar-refractivity contribution in [2.75, 3.05) is 19.6 Å². The van der Waals surface area contributed by atoms with E-state index in [2.05, 4.69) is 48.3 Å². The van der Waals surface area contributed by atoms with E-state index in [0.29, 0.717) is 6.04 Å². The molecule has 1 aromatic carbocycles. The van der Waals surface area contributed by atoms with Gasteiger partial charge in [0.1, 0.15) is 0 Å². The molecule has 1 atom stereocenters. The topological polar surface area (TPSA) is 15.3 Å². The van der Waals surface area contributed by atoms with Gasteiger partial charge in [0.25, 0.3) is 0 Å². The lowest BCUT2D eigenvalue weighted by molar-refractivity contribution is 0.209. The van der Waals surface area contributed by atoms with Gasteiger partial charge in [-0.15, -0.1) is 0 Å². The molecular formula is C16H26N2. The van der Waals surface area contributed by atoms with Gasteiger partial charge in [-0.2, -0.15) is 0 Å². The van der Waals surface area contributed by atoms with E-state index in [4.69, 9.17) is 0 Å². The summed E-state index contributed by atoms with van der Waals surface area (Å²) in [4.78, 5) is 2.60. The minimum atomic E-state index is 0.572. The summed E-state index contributed by atoms with van der Waals surface area (Å²) in [6.07, 6.45) is 4.18. The molecule has 1 saturated heterocycles. The Morgan fingerprint density at radius 2 is 1.89 bits per heavy atom. The first-order valence-electron chi connectivity index (χ1n) is 7.26. The first-order valence-corrected chi connectivity index (χ1v) is 7.26. The molecule has 1 aliphatic rings. The molecule has 2 heteroatoms. The van der Waals surface area contributed by atoms with E-state index in [1.807, 2.05) is 0 Å². The van der Waals surface area contributed by atoms with E-state index in [9.17, 15) is 0 Å². The smallest absolute Gasteiger partial charge is 0.0211 e. The van der Waals surface area contributed by atoms with E-state index in [1.54, 1.807) is 0 Å². The average molecular weight is 246 g/mol. The summed E-state index contributed by atoms with van der Waals surface area (Å²) in [5.41, 5.74) is 2.80. The van der Waals surface area contributed by atoms with Gasteiger partial charge in [-0.05, 0) is 50.9 Å². The molecule has 0 unspecified atom stereocenters. The lowest BCUT2D eigenvalue weighted by Gasteiger charge is -2.29. The van der Waals surface area contributed by atoms with Gasteiger partial charge < -0.3 is 10.2 Å². The fourth-order valence-corrected chi connectivity index (χ4v) is 2.69. The standard InChI is InChI=1S/C16H26N2/c1-14-8-4-5-9-16(14)12-17-15(2)13-18-10-6-3-7-11-18/h4-5,8-9,15,17H,3,6-7,10-13H2,1-2H3/t15-/m1/s1. The largest absolute Gasteiger partial charge is 0.309 e. The summed E-state index contributed by atoms with van der Waals surface area (Å²) in [6, 6.07) is 9.21. The lowest BCUT2D eigenvalue weighted by Crippen LogP contribution is -2.41. The molecule has 0 radical (unpaired) electrons. The quantitative estimate of drug-likeness (QED) is 0.859. The molecule has 1 heterocycles. The van der Waals surface area contributed by atoms with Crippen LogP contribution in [0.1, 0.15) is 37.3 Å². The number of nitrogens with zero attached hydrogens (tertiary/aromatic N) is 1. The second kappa shape index (κ2) is 6.91. The van der Waals surface area contributed by atoms with Crippen LogP contribution in [0.3, 0.4) is 0 Å². The summed E-state index contributed by atoms with van der Waals surface area (Å²) in [7, 11) is 0. The molecular weight excluding hydrogens is 220 g/mol. The zero-order valence-corrected chi connectivity index (χ0v) is 11.8. The highest BCUT2D eigenvalue weighted by Crippen LogP contribution is 2.10. The SMILES string of the molecule is Cc1ccccc1CN[C@H](C)CN1CCCCC1. The van der Waals surface area contributed by atoms with Crippen molar-refractivity contribution >= 4 is 0 Å². The lowest BCUT2D eigenvalue weighted by atomic mass is 10.1. The van der Waals surface area contributed by atoms with Crippen molar-refractivity contribution in [3.05, 3.63) is 35.4 Å². The van der Waals surface area contributed by atoms with Gasteiger partial charge in [0.2, 0.25) is 0 Å². The number of piperidine rings is 1. The normalized spacial score (nSPS) is 18.8. The zero-order chi connectivity index (χ0) is 12.8. The predicted molar refractivity (Wildman–Crippen MR) is 77.8 cm³/mol. The molecule has 0 bridgehead atoms. The number of rotatable bonds is 5. The van der Waals surface area contributed by atoms with Gasteiger partial charge >= 0.3 is 0 Å². The highest BCUT2D eigenvalue weighted by Gasteiger charge is 2.12. The Balaban J connectivity index is 1.74. The summed E-state index contributed by atoms with van der Waals surface area (Å²) >= 11 is 0. The third kappa shape index (κ3) is 4.11. The Morgan fingerprint density at radius 1 is 1.17 bits per heavy atom. The minimum absolute atomic E-state index is 0.572. The molecule has 0 amide bonds. The van der Waals surface area contributed by atoms with Gasteiger partial charge in [-0.3, -0.25) is 0 Å². The molecule has 0 aromatic heterocycles. The first kappa shape index (κ1) is 13.6. The summed E-state index contributed by atoms with van der Waals surface area (Å²) in [5.74, 6) is 0. The second-order valence-electron chi connectivity index (χ2n) is 5.57. The Kier molecular flexibility index (Phi) is 5.21. The Hall–Kier alpha value is -0.860. The number of nitrogens with one attached hydrogen (secondary N) is 1. The average Bonchev–Trinajstić information content (AvgIpc) is 2.39. The maximum Gasteiger partial charge on any atom is 0.0211 e. The van der Waals surface area contributed by atoms with Crippen LogP contribution in [0, 0.1) is 6.92 Å². The molecule has 18 heavy (non-hydrogen) atoms. The van der Waals surface area contributed by atoms with Crippen molar-refractivity contribution in [1.82, 2.24) is 10.2 Å². The maximum absolute atomic E-state index is 3.65. The molecule has 1 fully saturated rings. The van der Waals surface area contributed by atoms with Crippen LogP contribution in [0.4, 0.5) is 0 Å². The fraction of sp³-hybridized carbons (Fsp3) is 0.625. The Bertz CT molecular complexity index is 356. The second-order valence-corrected chi connectivity index (χ2v) is 5.57. The van der Waals surface area contributed by atoms with Gasteiger partial charge in [-0.1, -0.05) is 30.7 Å².